The van der Waals surface area contributed by atoms with Gasteiger partial charge in [-0.3, -0.25) is 4.79 Å². The third kappa shape index (κ3) is 3.24. The smallest absolute Gasteiger partial charge is 0.329 e. The van der Waals surface area contributed by atoms with Gasteiger partial charge in [0.15, 0.2) is 9.84 Å². The second kappa shape index (κ2) is 5.48. The molecule has 0 bridgehead atoms. The molecule has 1 fully saturated rings. The maximum Gasteiger partial charge on any atom is 0.329 e. The topological polar surface area (TPSA) is 101 Å². The number of benzene rings is 1. The molecule has 0 unspecified atom stereocenters. The van der Waals surface area contributed by atoms with Crippen LogP contribution >= 0.6 is 0 Å². The van der Waals surface area contributed by atoms with Gasteiger partial charge in [-0.1, -0.05) is 12.8 Å². The summed E-state index contributed by atoms with van der Waals surface area (Å²) >= 11 is 0. The number of hydrogen-bond donors (Lipinski definition) is 2. The number of amides is 1. The van der Waals surface area contributed by atoms with Crippen LogP contribution in [-0.4, -0.2) is 37.2 Å². The van der Waals surface area contributed by atoms with Crippen LogP contribution in [0.5, 0.6) is 0 Å². The van der Waals surface area contributed by atoms with Crippen LogP contribution in [0.15, 0.2) is 29.2 Å². The normalized spacial score (nSPS) is 17.4. The zero-order valence-corrected chi connectivity index (χ0v) is 12.4. The molecule has 1 aliphatic rings. The van der Waals surface area contributed by atoms with Gasteiger partial charge in [0.2, 0.25) is 0 Å². The van der Waals surface area contributed by atoms with E-state index in [1.165, 1.54) is 24.3 Å². The van der Waals surface area contributed by atoms with Crippen molar-refractivity contribution in [2.45, 2.75) is 36.1 Å². The highest BCUT2D eigenvalue weighted by atomic mass is 32.2. The van der Waals surface area contributed by atoms with Crippen molar-refractivity contribution in [3.05, 3.63) is 29.8 Å². The molecule has 1 saturated carbocycles. The Balaban J connectivity index is 2.19. The zero-order valence-electron chi connectivity index (χ0n) is 11.6. The van der Waals surface area contributed by atoms with E-state index in [1.807, 2.05) is 0 Å². The monoisotopic (exact) mass is 311 g/mol. The van der Waals surface area contributed by atoms with Crippen LogP contribution in [0.2, 0.25) is 0 Å². The third-order valence-electron chi connectivity index (χ3n) is 3.76. The number of carbonyl (C=O) groups is 2. The molecule has 2 rings (SSSR count). The van der Waals surface area contributed by atoms with Crippen LogP contribution in [0.1, 0.15) is 36.0 Å². The van der Waals surface area contributed by atoms with Crippen LogP contribution in [0.3, 0.4) is 0 Å². The van der Waals surface area contributed by atoms with Gasteiger partial charge in [-0.2, -0.15) is 0 Å². The first-order valence-electron chi connectivity index (χ1n) is 6.61. The predicted octanol–water partition coefficient (Wildman–Crippen LogP) is 1.22. The Morgan fingerprint density at radius 1 is 1.14 bits per heavy atom. The maximum absolute atomic E-state index is 12.1. The highest BCUT2D eigenvalue weighted by Crippen LogP contribution is 2.30. The van der Waals surface area contributed by atoms with E-state index in [0.29, 0.717) is 12.8 Å². The Morgan fingerprint density at radius 2 is 1.67 bits per heavy atom. The maximum atomic E-state index is 12.1. The Bertz CT molecular complexity index is 657. The Labute approximate surface area is 123 Å². The minimum atomic E-state index is -3.32. The van der Waals surface area contributed by atoms with Crippen LogP contribution in [0.4, 0.5) is 0 Å². The molecule has 6 nitrogen and oxygen atoms in total. The van der Waals surface area contributed by atoms with Gasteiger partial charge in [0.1, 0.15) is 5.54 Å². The summed E-state index contributed by atoms with van der Waals surface area (Å²) in [5, 5.41) is 11.9. The molecular formula is C14H17NO5S. The number of aliphatic carboxylic acids is 1. The summed E-state index contributed by atoms with van der Waals surface area (Å²) in [4.78, 5) is 23.6. The van der Waals surface area contributed by atoms with Crippen molar-refractivity contribution in [2.24, 2.45) is 0 Å². The Hall–Kier alpha value is -1.89. The molecule has 0 atom stereocenters. The van der Waals surface area contributed by atoms with Gasteiger partial charge in [-0.25, -0.2) is 13.2 Å². The van der Waals surface area contributed by atoms with E-state index in [9.17, 15) is 23.1 Å². The lowest BCUT2D eigenvalue weighted by molar-refractivity contribution is -0.144. The van der Waals surface area contributed by atoms with Crippen molar-refractivity contribution < 1.29 is 23.1 Å². The van der Waals surface area contributed by atoms with E-state index in [4.69, 9.17) is 0 Å². The summed E-state index contributed by atoms with van der Waals surface area (Å²) in [6, 6.07) is 5.45. The Kier molecular flexibility index (Phi) is 4.04. The second-order valence-electron chi connectivity index (χ2n) is 5.35. The number of carboxylic acid groups (broad SMARTS) is 1. The molecular weight excluding hydrogens is 294 g/mol. The fraction of sp³-hybridized carbons (Fsp3) is 0.429. The lowest BCUT2D eigenvalue weighted by atomic mass is 9.97. The highest BCUT2D eigenvalue weighted by Gasteiger charge is 2.42. The zero-order chi connectivity index (χ0) is 15.7. The van der Waals surface area contributed by atoms with Crippen molar-refractivity contribution in [3.8, 4) is 0 Å². The van der Waals surface area contributed by atoms with Crippen molar-refractivity contribution in [2.75, 3.05) is 6.26 Å². The second-order valence-corrected chi connectivity index (χ2v) is 7.36. The van der Waals surface area contributed by atoms with Crippen molar-refractivity contribution in [1.82, 2.24) is 5.32 Å². The quantitative estimate of drug-likeness (QED) is 0.870. The third-order valence-corrected chi connectivity index (χ3v) is 4.89. The molecule has 0 saturated heterocycles. The number of rotatable bonds is 4. The van der Waals surface area contributed by atoms with Gasteiger partial charge in [0.05, 0.1) is 4.90 Å². The van der Waals surface area contributed by atoms with Crippen molar-refractivity contribution in [3.63, 3.8) is 0 Å². The van der Waals surface area contributed by atoms with Gasteiger partial charge >= 0.3 is 5.97 Å². The van der Waals surface area contributed by atoms with E-state index in [0.717, 1.165) is 19.1 Å². The van der Waals surface area contributed by atoms with E-state index in [-0.39, 0.29) is 10.5 Å². The average Bonchev–Trinajstić information content (AvgIpc) is 2.88. The summed E-state index contributed by atoms with van der Waals surface area (Å²) in [5.41, 5.74) is -0.956. The molecule has 0 aromatic heterocycles. The lowest BCUT2D eigenvalue weighted by Crippen LogP contribution is -2.52. The fourth-order valence-corrected chi connectivity index (χ4v) is 3.14. The standard InChI is InChI=1S/C14H17NO5S/c1-21(19,20)11-6-4-10(5-7-11)12(16)15-14(13(17)18)8-2-3-9-14/h4-7H,2-3,8-9H2,1H3,(H,15,16)(H,17,18). The number of nitrogens with one attached hydrogen (secondary N) is 1. The summed E-state index contributed by atoms with van der Waals surface area (Å²) < 4.78 is 22.7. The van der Waals surface area contributed by atoms with Crippen LogP contribution in [0, 0.1) is 0 Å². The molecule has 1 aromatic rings. The number of sulfone groups is 1. The van der Waals surface area contributed by atoms with Crippen molar-refractivity contribution in [1.29, 1.82) is 0 Å². The largest absolute Gasteiger partial charge is 0.480 e. The van der Waals surface area contributed by atoms with Gasteiger partial charge in [0, 0.05) is 11.8 Å². The molecule has 1 aromatic carbocycles. The Morgan fingerprint density at radius 3 is 2.10 bits per heavy atom. The minimum absolute atomic E-state index is 0.118. The van der Waals surface area contributed by atoms with E-state index >= 15 is 0 Å². The van der Waals surface area contributed by atoms with Gasteiger partial charge < -0.3 is 10.4 Å². The summed E-state index contributed by atoms with van der Waals surface area (Å²) in [6.45, 7) is 0. The van der Waals surface area contributed by atoms with E-state index in [2.05, 4.69) is 5.32 Å². The van der Waals surface area contributed by atoms with E-state index in [1.54, 1.807) is 0 Å². The van der Waals surface area contributed by atoms with Crippen LogP contribution in [0.25, 0.3) is 0 Å². The van der Waals surface area contributed by atoms with Crippen LogP contribution in [-0.2, 0) is 14.6 Å². The number of hydrogen-bond acceptors (Lipinski definition) is 4. The molecule has 0 spiro atoms. The lowest BCUT2D eigenvalue weighted by Gasteiger charge is -2.25. The summed E-state index contributed by atoms with van der Waals surface area (Å²) in [7, 11) is -3.32. The molecule has 0 aliphatic heterocycles. The summed E-state index contributed by atoms with van der Waals surface area (Å²) in [6.07, 6.45) is 3.43. The molecule has 2 N–H and O–H groups in total. The minimum Gasteiger partial charge on any atom is -0.480 e. The predicted molar refractivity (Wildman–Crippen MR) is 75.9 cm³/mol. The number of carbonyl (C=O) groups excluding carboxylic acids is 1. The van der Waals surface area contributed by atoms with Gasteiger partial charge in [-0.05, 0) is 37.1 Å². The first-order chi connectivity index (χ1) is 9.74. The first-order valence-corrected chi connectivity index (χ1v) is 8.50. The molecule has 7 heteroatoms. The van der Waals surface area contributed by atoms with Gasteiger partial charge in [-0.15, -0.1) is 0 Å². The molecule has 1 amide bonds. The molecule has 21 heavy (non-hydrogen) atoms. The fourth-order valence-electron chi connectivity index (χ4n) is 2.51. The molecule has 0 heterocycles. The SMILES string of the molecule is CS(=O)(=O)c1ccc(C(=O)NC2(C(=O)O)CCCC2)cc1. The average molecular weight is 311 g/mol. The van der Waals surface area contributed by atoms with Gasteiger partial charge in [0.25, 0.3) is 5.91 Å². The van der Waals surface area contributed by atoms with Crippen molar-refractivity contribution >= 4 is 21.7 Å². The molecule has 0 radical (unpaired) electrons. The van der Waals surface area contributed by atoms with Crippen LogP contribution < -0.4 is 5.32 Å². The first kappa shape index (κ1) is 15.5. The summed E-state index contributed by atoms with van der Waals surface area (Å²) in [5.74, 6) is -1.53. The molecule has 114 valence electrons. The number of carboxylic acids is 1. The van der Waals surface area contributed by atoms with E-state index < -0.39 is 27.3 Å². The molecule has 1 aliphatic carbocycles. The highest BCUT2D eigenvalue weighted by molar-refractivity contribution is 7.90.